The second kappa shape index (κ2) is 8.85. The zero-order valence-electron chi connectivity index (χ0n) is 12.8. The van der Waals surface area contributed by atoms with Gasteiger partial charge in [-0.15, -0.1) is 0 Å². The molecule has 0 heterocycles. The van der Waals surface area contributed by atoms with Gasteiger partial charge in [0.2, 0.25) is 0 Å². The Morgan fingerprint density at radius 2 is 1.73 bits per heavy atom. The van der Waals surface area contributed by atoms with Gasteiger partial charge in [0.25, 0.3) is 5.91 Å². The van der Waals surface area contributed by atoms with E-state index >= 15 is 0 Å². The molecule has 0 aliphatic carbocycles. The zero-order chi connectivity index (χ0) is 15.6. The van der Waals surface area contributed by atoms with E-state index < -0.39 is 0 Å². The van der Waals surface area contributed by atoms with E-state index in [9.17, 15) is 4.79 Å². The fourth-order valence-electron chi connectivity index (χ4n) is 2.14. The van der Waals surface area contributed by atoms with Gasteiger partial charge in [-0.1, -0.05) is 48.5 Å². The van der Waals surface area contributed by atoms with E-state index in [1.165, 1.54) is 0 Å². The zero-order valence-corrected chi connectivity index (χ0v) is 12.8. The van der Waals surface area contributed by atoms with E-state index in [0.29, 0.717) is 6.54 Å². The standard InChI is InChI=1S/C18H22N2O2/c1-19-12-7-13-20-18(21)14-22-17-11-6-5-10-16(17)15-8-3-2-4-9-15/h2-6,8-11,19H,7,12-14H2,1H3,(H,20,21). The summed E-state index contributed by atoms with van der Waals surface area (Å²) in [7, 11) is 1.89. The molecule has 0 spiro atoms. The molecule has 0 bridgehead atoms. The number of rotatable bonds is 8. The van der Waals surface area contributed by atoms with Crippen LogP contribution in [0.2, 0.25) is 0 Å². The van der Waals surface area contributed by atoms with Crippen LogP contribution in [0, 0.1) is 0 Å². The molecule has 0 saturated heterocycles. The molecule has 0 atom stereocenters. The molecule has 2 rings (SSSR count). The molecule has 2 aromatic carbocycles. The highest BCUT2D eigenvalue weighted by atomic mass is 16.5. The molecule has 0 radical (unpaired) electrons. The second-order valence-corrected chi connectivity index (χ2v) is 4.96. The van der Waals surface area contributed by atoms with Gasteiger partial charge in [0.1, 0.15) is 5.75 Å². The molecule has 0 unspecified atom stereocenters. The summed E-state index contributed by atoms with van der Waals surface area (Å²) in [5, 5.41) is 5.89. The maximum Gasteiger partial charge on any atom is 0.257 e. The molecule has 0 fully saturated rings. The molecular formula is C18H22N2O2. The second-order valence-electron chi connectivity index (χ2n) is 4.96. The summed E-state index contributed by atoms with van der Waals surface area (Å²) in [5.74, 6) is 0.623. The first kappa shape index (κ1) is 16.0. The lowest BCUT2D eigenvalue weighted by Crippen LogP contribution is -2.31. The smallest absolute Gasteiger partial charge is 0.257 e. The van der Waals surface area contributed by atoms with Crippen LogP contribution in [0.25, 0.3) is 11.1 Å². The van der Waals surface area contributed by atoms with Crippen molar-refractivity contribution in [1.29, 1.82) is 0 Å². The average molecular weight is 298 g/mol. The summed E-state index contributed by atoms with van der Waals surface area (Å²) in [6.07, 6.45) is 0.906. The van der Waals surface area contributed by atoms with E-state index in [1.807, 2.05) is 61.6 Å². The molecule has 4 heteroatoms. The Labute approximate surface area is 131 Å². The number of nitrogens with one attached hydrogen (secondary N) is 2. The van der Waals surface area contributed by atoms with Crippen LogP contribution in [-0.2, 0) is 4.79 Å². The SMILES string of the molecule is CNCCCNC(=O)COc1ccccc1-c1ccccc1. The van der Waals surface area contributed by atoms with Gasteiger partial charge in [-0.2, -0.15) is 0 Å². The minimum absolute atomic E-state index is 0.0312. The van der Waals surface area contributed by atoms with Crippen LogP contribution in [0.15, 0.2) is 54.6 Å². The monoisotopic (exact) mass is 298 g/mol. The molecule has 4 nitrogen and oxygen atoms in total. The van der Waals surface area contributed by atoms with Gasteiger partial charge >= 0.3 is 0 Å². The third kappa shape index (κ3) is 4.90. The molecule has 2 N–H and O–H groups in total. The van der Waals surface area contributed by atoms with Gasteiger partial charge in [0.15, 0.2) is 6.61 Å². The number of hydrogen-bond acceptors (Lipinski definition) is 3. The maximum absolute atomic E-state index is 11.8. The number of amides is 1. The molecule has 1 amide bonds. The lowest BCUT2D eigenvalue weighted by Gasteiger charge is -2.11. The van der Waals surface area contributed by atoms with Gasteiger partial charge in [-0.05, 0) is 31.6 Å². The Bertz CT molecular complexity index is 585. The van der Waals surface area contributed by atoms with E-state index in [1.54, 1.807) is 0 Å². The molecule has 0 aromatic heterocycles. The first-order valence-corrected chi connectivity index (χ1v) is 7.50. The first-order chi connectivity index (χ1) is 10.8. The van der Waals surface area contributed by atoms with E-state index in [2.05, 4.69) is 10.6 Å². The topological polar surface area (TPSA) is 50.4 Å². The Balaban J connectivity index is 1.92. The summed E-state index contributed by atoms with van der Waals surface area (Å²) in [5.41, 5.74) is 2.07. The Morgan fingerprint density at radius 3 is 2.50 bits per heavy atom. The minimum atomic E-state index is -0.0982. The van der Waals surface area contributed by atoms with Crippen LogP contribution in [-0.4, -0.2) is 32.7 Å². The fourth-order valence-corrected chi connectivity index (χ4v) is 2.14. The van der Waals surface area contributed by atoms with Crippen molar-refractivity contribution >= 4 is 5.91 Å². The average Bonchev–Trinajstić information content (AvgIpc) is 2.58. The van der Waals surface area contributed by atoms with Crippen molar-refractivity contribution in [3.63, 3.8) is 0 Å². The van der Waals surface area contributed by atoms with Crippen LogP contribution >= 0.6 is 0 Å². The summed E-state index contributed by atoms with van der Waals surface area (Å²) in [6, 6.07) is 17.8. The van der Waals surface area contributed by atoms with Crippen molar-refractivity contribution in [2.24, 2.45) is 0 Å². The predicted octanol–water partition coefficient (Wildman–Crippen LogP) is 2.46. The summed E-state index contributed by atoms with van der Waals surface area (Å²) in [6.45, 7) is 1.57. The molecule has 0 aliphatic heterocycles. The molecule has 116 valence electrons. The summed E-state index contributed by atoms with van der Waals surface area (Å²) >= 11 is 0. The lowest BCUT2D eigenvalue weighted by atomic mass is 10.1. The number of carbonyl (C=O) groups excluding carboxylic acids is 1. The van der Waals surface area contributed by atoms with Crippen LogP contribution < -0.4 is 15.4 Å². The van der Waals surface area contributed by atoms with Crippen molar-refractivity contribution in [3.05, 3.63) is 54.6 Å². The minimum Gasteiger partial charge on any atom is -0.483 e. The quantitative estimate of drug-likeness (QED) is 0.736. The predicted molar refractivity (Wildman–Crippen MR) is 88.9 cm³/mol. The number of ether oxygens (including phenoxy) is 1. The normalized spacial score (nSPS) is 10.2. The van der Waals surface area contributed by atoms with E-state index in [0.717, 1.165) is 29.8 Å². The van der Waals surface area contributed by atoms with E-state index in [-0.39, 0.29) is 12.5 Å². The Morgan fingerprint density at radius 1 is 1.00 bits per heavy atom. The van der Waals surface area contributed by atoms with Gasteiger partial charge in [-0.3, -0.25) is 4.79 Å². The lowest BCUT2D eigenvalue weighted by molar-refractivity contribution is -0.123. The van der Waals surface area contributed by atoms with Crippen molar-refractivity contribution in [2.75, 3.05) is 26.7 Å². The van der Waals surface area contributed by atoms with Gasteiger partial charge in [0.05, 0.1) is 0 Å². The maximum atomic E-state index is 11.8. The van der Waals surface area contributed by atoms with Crippen LogP contribution in [0.4, 0.5) is 0 Å². The van der Waals surface area contributed by atoms with Crippen molar-refractivity contribution < 1.29 is 9.53 Å². The first-order valence-electron chi connectivity index (χ1n) is 7.50. The molecular weight excluding hydrogens is 276 g/mol. The highest BCUT2D eigenvalue weighted by Crippen LogP contribution is 2.29. The van der Waals surface area contributed by atoms with Crippen LogP contribution in [0.5, 0.6) is 5.75 Å². The van der Waals surface area contributed by atoms with Crippen molar-refractivity contribution in [2.45, 2.75) is 6.42 Å². The molecule has 0 aliphatic rings. The van der Waals surface area contributed by atoms with Crippen LogP contribution in [0.1, 0.15) is 6.42 Å². The number of benzene rings is 2. The van der Waals surface area contributed by atoms with Gasteiger partial charge in [-0.25, -0.2) is 0 Å². The third-order valence-electron chi connectivity index (χ3n) is 3.26. The Hall–Kier alpha value is -2.33. The van der Waals surface area contributed by atoms with Crippen molar-refractivity contribution in [1.82, 2.24) is 10.6 Å². The highest BCUT2D eigenvalue weighted by molar-refractivity contribution is 5.78. The fraction of sp³-hybridized carbons (Fsp3) is 0.278. The third-order valence-corrected chi connectivity index (χ3v) is 3.26. The van der Waals surface area contributed by atoms with Gasteiger partial charge in [0, 0.05) is 12.1 Å². The van der Waals surface area contributed by atoms with E-state index in [4.69, 9.17) is 4.74 Å². The Kier molecular flexibility index (Phi) is 6.45. The highest BCUT2D eigenvalue weighted by Gasteiger charge is 2.07. The molecule has 2 aromatic rings. The van der Waals surface area contributed by atoms with Gasteiger partial charge < -0.3 is 15.4 Å². The number of para-hydroxylation sites is 1. The van der Waals surface area contributed by atoms with Crippen LogP contribution in [0.3, 0.4) is 0 Å². The molecule has 0 saturated carbocycles. The number of hydrogen-bond donors (Lipinski definition) is 2. The van der Waals surface area contributed by atoms with Crippen molar-refractivity contribution in [3.8, 4) is 16.9 Å². The molecule has 22 heavy (non-hydrogen) atoms. The number of carbonyl (C=O) groups is 1. The summed E-state index contributed by atoms with van der Waals surface area (Å²) < 4.78 is 5.68. The largest absolute Gasteiger partial charge is 0.483 e. The summed E-state index contributed by atoms with van der Waals surface area (Å²) in [4.78, 5) is 11.8.